The number of nitrogens with zero attached hydrogens (tertiary/aromatic N) is 5. The first kappa shape index (κ1) is 54.3. The molecule has 4 aliphatic rings. The van der Waals surface area contributed by atoms with Crippen molar-refractivity contribution in [2.24, 2.45) is 5.16 Å². The normalized spacial score (nSPS) is 16.6. The smallest absolute Gasteiger partial charge is 0.356 e. The number of β-lactam (4-membered cyclic amide) rings is 1. The topological polar surface area (TPSA) is 221 Å². The van der Waals surface area contributed by atoms with Crippen LogP contribution in [-0.2, 0) is 56.4 Å². The number of esters is 2. The summed E-state index contributed by atoms with van der Waals surface area (Å²) < 4.78 is 28.1. The number of nitrogens with one attached hydrogen (secondary N) is 2. The number of aromatic nitrogens is 3. The van der Waals surface area contributed by atoms with Gasteiger partial charge in [-0.3, -0.25) is 28.2 Å². The van der Waals surface area contributed by atoms with Crippen LogP contribution in [0, 0.1) is 0 Å². The third-order valence-electron chi connectivity index (χ3n) is 13.4. The second kappa shape index (κ2) is 22.3. The van der Waals surface area contributed by atoms with E-state index < -0.39 is 85.7 Å². The van der Waals surface area contributed by atoms with Gasteiger partial charge in [0.2, 0.25) is 11.0 Å². The van der Waals surface area contributed by atoms with E-state index in [1.165, 1.54) is 48.2 Å². The average molecular weight is 1110 g/mol. The maximum atomic E-state index is 15.0. The zero-order valence-corrected chi connectivity index (χ0v) is 45.8. The highest BCUT2D eigenvalue weighted by Gasteiger charge is 2.58. The molecule has 406 valence electrons. The molecule has 2 amide bonds. The number of carbonyl (C=O) groups is 4. The van der Waals surface area contributed by atoms with Crippen molar-refractivity contribution < 1.29 is 42.8 Å². The molecule has 6 aromatic rings. The fourth-order valence-electron chi connectivity index (χ4n) is 9.54. The van der Waals surface area contributed by atoms with Crippen LogP contribution in [-0.4, -0.2) is 86.8 Å². The van der Waals surface area contributed by atoms with E-state index in [2.05, 4.69) is 20.9 Å². The molecule has 4 heterocycles. The number of phenolic OH excluding ortho intramolecular Hbond substituents is 1. The summed E-state index contributed by atoms with van der Waals surface area (Å²) in [4.78, 5) is 82.4. The summed E-state index contributed by atoms with van der Waals surface area (Å²) in [6, 6.07) is 48.7. The Morgan fingerprint density at radius 1 is 0.787 bits per heavy atom. The number of aromatic hydroxyl groups is 1. The molecule has 19 heteroatoms. The van der Waals surface area contributed by atoms with Crippen molar-refractivity contribution in [3.63, 3.8) is 0 Å². The minimum absolute atomic E-state index is 0.00508. The van der Waals surface area contributed by atoms with E-state index in [4.69, 9.17) is 19.3 Å². The number of benzene rings is 6. The van der Waals surface area contributed by atoms with Crippen LogP contribution in [0.25, 0.3) is 11.1 Å². The van der Waals surface area contributed by atoms with Crippen molar-refractivity contribution in [1.82, 2.24) is 25.0 Å². The predicted octanol–water partition coefficient (Wildman–Crippen LogP) is 8.46. The zero-order chi connectivity index (χ0) is 56.3. The molecule has 1 fully saturated rings. The first-order valence-electron chi connectivity index (χ1n) is 25.5. The van der Waals surface area contributed by atoms with Gasteiger partial charge in [-0.25, -0.2) is 14.6 Å². The van der Waals surface area contributed by atoms with Gasteiger partial charge >= 0.3 is 11.9 Å². The number of thiazole rings is 1. The number of ether oxygens (including phenoxy) is 2. The van der Waals surface area contributed by atoms with Gasteiger partial charge in [-0.2, -0.15) is 5.10 Å². The van der Waals surface area contributed by atoms with Gasteiger partial charge < -0.3 is 30.1 Å². The molecule has 3 N–H and O–H groups in total. The molecular formula is C61H55N7O10S2. The molecule has 1 aliphatic carbocycles. The number of hydrogen-bond acceptors (Lipinski definition) is 15. The predicted molar refractivity (Wildman–Crippen MR) is 303 cm³/mol. The van der Waals surface area contributed by atoms with Crippen molar-refractivity contribution in [2.45, 2.75) is 75.4 Å². The molecule has 2 unspecified atom stereocenters. The maximum absolute atomic E-state index is 15.0. The summed E-state index contributed by atoms with van der Waals surface area (Å²) in [5.41, 5.74) is 0.225. The van der Waals surface area contributed by atoms with Crippen LogP contribution in [0.5, 0.6) is 5.75 Å². The number of phenols is 1. The van der Waals surface area contributed by atoms with Crippen molar-refractivity contribution in [2.75, 3.05) is 11.1 Å². The van der Waals surface area contributed by atoms with Crippen molar-refractivity contribution >= 4 is 56.7 Å². The van der Waals surface area contributed by atoms with Crippen molar-refractivity contribution in [3.8, 4) is 16.9 Å². The number of carbonyl (C=O) groups excluding carboxylic acids is 4. The Morgan fingerprint density at radius 3 is 1.89 bits per heavy atom. The van der Waals surface area contributed by atoms with E-state index in [-0.39, 0.29) is 29.3 Å². The van der Waals surface area contributed by atoms with E-state index in [0.717, 1.165) is 21.6 Å². The van der Waals surface area contributed by atoms with Crippen LogP contribution in [0.2, 0.25) is 0 Å². The lowest BCUT2D eigenvalue weighted by Crippen LogP contribution is -2.74. The number of rotatable bonds is 17. The standard InChI is InChI=1S/C61H55N7O10S2/c1-59(2,3)77-57(74)60(4,5)78-66-49(46-36-79-58(63-46)65-61(43-25-15-8-16-26-43,44-27-17-9-18-28-44)45-29-19-10-20-30-45)53(71)64-50-54(72)68-51(56(73)76-52(38-21-11-6-12-22-38)39-23-13-7-14-24-39)42(37-80(75)55(50)68)35-67-34-41-32-48(70)47(69)31-40(41)33-62-67/h6-34,36,50,52,55,70H,35,37H2,1-5H3,(H,63,65)(H,64,71)/b66-49+/t50?,55-,80?/m1/s1. The lowest BCUT2D eigenvalue weighted by atomic mass is 9.77. The Labute approximate surface area is 467 Å². The van der Waals surface area contributed by atoms with Gasteiger partial charge in [-0.1, -0.05) is 157 Å². The van der Waals surface area contributed by atoms with Crippen LogP contribution < -0.4 is 16.1 Å². The van der Waals surface area contributed by atoms with Crippen LogP contribution >= 0.6 is 11.3 Å². The average Bonchev–Trinajstić information content (AvgIpc) is 4.06. The summed E-state index contributed by atoms with van der Waals surface area (Å²) in [6.07, 6.45) is 2.03. The molecule has 0 spiro atoms. The molecule has 5 aromatic carbocycles. The number of anilines is 1. The number of oxime groups is 1. The third kappa shape index (κ3) is 11.1. The van der Waals surface area contributed by atoms with E-state index >= 15 is 0 Å². The molecule has 80 heavy (non-hydrogen) atoms. The fraction of sp³-hybridized carbons (Fsp3) is 0.213. The molecular weight excluding hydrogens is 1050 g/mol. The Balaban J connectivity index is 1.01. The minimum Gasteiger partial charge on any atom is -0.504 e. The first-order chi connectivity index (χ1) is 38.4. The van der Waals surface area contributed by atoms with E-state index in [1.54, 1.807) is 32.3 Å². The largest absolute Gasteiger partial charge is 0.504 e. The molecule has 3 atom stereocenters. The lowest BCUT2D eigenvalue weighted by Gasteiger charge is -2.49. The summed E-state index contributed by atoms with van der Waals surface area (Å²) in [7, 11) is -1.96. The quantitative estimate of drug-likeness (QED) is 0.0256. The Morgan fingerprint density at radius 2 is 1.34 bits per heavy atom. The number of fused-ring (bicyclic) bond motifs is 2. The van der Waals surface area contributed by atoms with Gasteiger partial charge in [0.15, 0.2) is 22.7 Å². The minimum atomic E-state index is -1.96. The highest BCUT2D eigenvalue weighted by molar-refractivity contribution is 7.86. The second-order valence-electron chi connectivity index (χ2n) is 20.6. The molecule has 0 bridgehead atoms. The van der Waals surface area contributed by atoms with Crippen LogP contribution in [0.1, 0.15) is 74.2 Å². The molecule has 0 radical (unpaired) electrons. The summed E-state index contributed by atoms with van der Waals surface area (Å²) >= 11 is 1.17. The van der Waals surface area contributed by atoms with E-state index in [1.807, 2.05) is 152 Å². The van der Waals surface area contributed by atoms with Gasteiger partial charge in [0.1, 0.15) is 33.9 Å². The fourth-order valence-corrected chi connectivity index (χ4v) is 12.0. The van der Waals surface area contributed by atoms with Gasteiger partial charge in [-0.15, -0.1) is 11.3 Å². The Bertz CT molecular complexity index is 3580. The molecule has 0 saturated carbocycles. The maximum Gasteiger partial charge on any atom is 0.356 e. The van der Waals surface area contributed by atoms with Gasteiger partial charge in [-0.05, 0) is 80.1 Å². The van der Waals surface area contributed by atoms with Gasteiger partial charge in [0, 0.05) is 22.7 Å². The van der Waals surface area contributed by atoms with Crippen molar-refractivity contribution in [1.29, 1.82) is 0 Å². The molecule has 10 rings (SSSR count). The first-order valence-corrected chi connectivity index (χ1v) is 27.8. The van der Waals surface area contributed by atoms with Crippen LogP contribution in [0.3, 0.4) is 0 Å². The molecule has 1 aromatic heterocycles. The second-order valence-corrected chi connectivity index (χ2v) is 23.0. The monoisotopic (exact) mass is 1110 g/mol. The molecule has 1 saturated heterocycles. The van der Waals surface area contributed by atoms with E-state index in [0.29, 0.717) is 27.4 Å². The number of hydrogen-bond donors (Lipinski definition) is 3. The lowest BCUT2D eigenvalue weighted by molar-refractivity contribution is -0.179. The Kier molecular flexibility index (Phi) is 15.2. The van der Waals surface area contributed by atoms with Gasteiger partial charge in [0.25, 0.3) is 11.8 Å². The third-order valence-corrected chi connectivity index (χ3v) is 15.8. The molecule has 3 aliphatic heterocycles. The number of amides is 2. The Hall–Kier alpha value is -9.07. The van der Waals surface area contributed by atoms with E-state index in [9.17, 15) is 33.3 Å². The summed E-state index contributed by atoms with van der Waals surface area (Å²) in [5, 5.41) is 26.1. The summed E-state index contributed by atoms with van der Waals surface area (Å²) in [5.74, 6) is -4.16. The van der Waals surface area contributed by atoms with Gasteiger partial charge in [0.05, 0.1) is 29.3 Å². The highest BCUT2D eigenvalue weighted by Crippen LogP contribution is 2.42. The zero-order valence-electron chi connectivity index (χ0n) is 44.1. The summed E-state index contributed by atoms with van der Waals surface area (Å²) in [6.45, 7) is 7.81. The van der Waals surface area contributed by atoms with Crippen LogP contribution in [0.15, 0.2) is 203 Å². The molecule has 17 nitrogen and oxygen atoms in total. The van der Waals surface area contributed by atoms with Crippen molar-refractivity contribution in [3.05, 3.63) is 237 Å². The SMILES string of the molecule is CC(C)(C)OC(=O)C(C)(C)O/N=C(/C(=O)NC1C(=O)N2C(C(=O)OC(c3ccccc3)c3ccccc3)=C(Cn3cc4cc(O)c(=O)cc-4cn3)CS(=O)[C@H]12)c1csc(NC(c2ccccc2)(c2ccccc2)c2ccccc2)n1. The highest BCUT2D eigenvalue weighted by atomic mass is 32.2. The van der Waals surface area contributed by atoms with Crippen LogP contribution in [0.4, 0.5) is 5.13 Å².